The minimum absolute atomic E-state index is 0.0237. The van der Waals surface area contributed by atoms with Crippen LogP contribution in [-0.2, 0) is 16.1 Å². The smallest absolute Gasteiger partial charge is 0.326 e. The minimum Gasteiger partial charge on any atom is -0.465 e. The Labute approximate surface area is 164 Å². The monoisotopic (exact) mass is 407 g/mol. The summed E-state index contributed by atoms with van der Waals surface area (Å²) in [4.78, 5) is 27.3. The summed E-state index contributed by atoms with van der Waals surface area (Å²) < 4.78 is 6.77. The zero-order valence-electron chi connectivity index (χ0n) is 14.6. The predicted octanol–water partition coefficient (Wildman–Crippen LogP) is 4.19. The van der Waals surface area contributed by atoms with E-state index in [1.54, 1.807) is 22.8 Å². The topological polar surface area (TPSA) is 48.3 Å². The molecule has 2 bridgehead atoms. The van der Waals surface area contributed by atoms with Gasteiger partial charge in [0.15, 0.2) is 0 Å². The van der Waals surface area contributed by atoms with E-state index in [4.69, 9.17) is 4.74 Å². The first-order valence-electron chi connectivity index (χ1n) is 9.26. The fourth-order valence-electron chi connectivity index (χ4n) is 5.21. The number of carbonyl (C=O) groups is 1. The van der Waals surface area contributed by atoms with E-state index in [1.165, 1.54) is 40.4 Å². The molecule has 1 aliphatic heterocycles. The Morgan fingerprint density at radius 1 is 1.35 bits per heavy atom. The number of esters is 1. The van der Waals surface area contributed by atoms with Gasteiger partial charge >= 0.3 is 10.8 Å². The van der Waals surface area contributed by atoms with Crippen LogP contribution in [0.4, 0.5) is 0 Å². The fourth-order valence-corrected chi connectivity index (χ4v) is 9.32. The lowest BCUT2D eigenvalue weighted by Crippen LogP contribution is -2.34. The van der Waals surface area contributed by atoms with Crippen LogP contribution in [-0.4, -0.2) is 22.4 Å². The molecule has 0 spiro atoms. The molecular weight excluding hydrogens is 386 g/mol. The van der Waals surface area contributed by atoms with Gasteiger partial charge in [-0.2, -0.15) is 0 Å². The maximum Gasteiger partial charge on any atom is 0.326 e. The Kier molecular flexibility index (Phi) is 4.29. The van der Waals surface area contributed by atoms with Crippen LogP contribution in [0.3, 0.4) is 0 Å². The average molecular weight is 408 g/mol. The Balaban J connectivity index is 1.60. The number of thioether (sulfide) groups is 1. The first-order chi connectivity index (χ1) is 12.7. The minimum atomic E-state index is -0.321. The van der Waals surface area contributed by atoms with Crippen LogP contribution in [0.2, 0.25) is 0 Å². The molecule has 0 saturated heterocycles. The van der Waals surface area contributed by atoms with Crippen molar-refractivity contribution in [2.45, 2.75) is 48.9 Å². The fraction of sp³-hybridized carbons (Fsp3) is 0.579. The molecule has 7 heteroatoms. The van der Waals surface area contributed by atoms with Gasteiger partial charge < -0.3 is 4.74 Å². The third kappa shape index (κ3) is 2.54. The Morgan fingerprint density at radius 2 is 2.19 bits per heavy atom. The molecule has 2 aliphatic carbocycles. The van der Waals surface area contributed by atoms with Crippen molar-refractivity contribution >= 4 is 40.4 Å². The SMILES string of the molecule is CCOC(=O)Cn1c2c(sc1=O)[C@@H](c1cccs1)[C@@H]1[C@H]3CC[C@@H](C3)[C@H]1S2. The molecule has 2 fully saturated rings. The largest absolute Gasteiger partial charge is 0.465 e. The molecule has 0 unspecified atom stereocenters. The molecule has 0 aromatic carbocycles. The third-order valence-electron chi connectivity index (χ3n) is 6.13. The van der Waals surface area contributed by atoms with Crippen molar-refractivity contribution in [2.75, 3.05) is 6.61 Å². The van der Waals surface area contributed by atoms with Crippen molar-refractivity contribution in [3.63, 3.8) is 0 Å². The van der Waals surface area contributed by atoms with Crippen LogP contribution < -0.4 is 4.87 Å². The van der Waals surface area contributed by atoms with E-state index in [0.29, 0.717) is 23.7 Å². The number of aromatic nitrogens is 1. The van der Waals surface area contributed by atoms with Gasteiger partial charge in [-0.3, -0.25) is 14.2 Å². The number of carbonyl (C=O) groups excluding carboxylic acids is 1. The van der Waals surface area contributed by atoms with Gasteiger partial charge in [0.2, 0.25) is 0 Å². The second-order valence-electron chi connectivity index (χ2n) is 7.41. The van der Waals surface area contributed by atoms with E-state index >= 15 is 0 Å². The summed E-state index contributed by atoms with van der Waals surface area (Å²) in [5, 5.41) is 3.74. The van der Waals surface area contributed by atoms with Gasteiger partial charge in [0.05, 0.1) is 11.6 Å². The lowest BCUT2D eigenvalue weighted by Gasteiger charge is -2.40. The van der Waals surface area contributed by atoms with E-state index in [0.717, 1.165) is 16.9 Å². The van der Waals surface area contributed by atoms with Crippen molar-refractivity contribution < 1.29 is 9.53 Å². The van der Waals surface area contributed by atoms with Crippen LogP contribution >= 0.6 is 34.4 Å². The number of hydrogen-bond donors (Lipinski definition) is 0. The summed E-state index contributed by atoms with van der Waals surface area (Å²) in [6, 6.07) is 4.33. The third-order valence-corrected chi connectivity index (χ3v) is 9.91. The highest BCUT2D eigenvalue weighted by atomic mass is 32.2. The molecule has 4 nitrogen and oxygen atoms in total. The molecule has 0 N–H and O–H groups in total. The Morgan fingerprint density at radius 3 is 2.96 bits per heavy atom. The molecule has 2 saturated carbocycles. The predicted molar refractivity (Wildman–Crippen MR) is 105 cm³/mol. The summed E-state index contributed by atoms with van der Waals surface area (Å²) in [5.41, 5.74) is 0. The van der Waals surface area contributed by atoms with Crippen LogP contribution in [0.5, 0.6) is 0 Å². The van der Waals surface area contributed by atoms with E-state index < -0.39 is 0 Å². The molecular formula is C19H21NO3S3. The summed E-state index contributed by atoms with van der Waals surface area (Å²) in [5.74, 6) is 2.19. The van der Waals surface area contributed by atoms with Gasteiger partial charge in [0, 0.05) is 20.9 Å². The maximum absolute atomic E-state index is 12.7. The molecule has 0 amide bonds. The number of ether oxygens (including phenoxy) is 1. The maximum atomic E-state index is 12.7. The van der Waals surface area contributed by atoms with Crippen molar-refractivity contribution in [3.05, 3.63) is 36.9 Å². The summed E-state index contributed by atoms with van der Waals surface area (Å²) in [7, 11) is 0. The van der Waals surface area contributed by atoms with Gasteiger partial charge in [0.1, 0.15) is 6.54 Å². The van der Waals surface area contributed by atoms with Crippen molar-refractivity contribution in [2.24, 2.45) is 17.8 Å². The van der Waals surface area contributed by atoms with Gasteiger partial charge in [-0.1, -0.05) is 17.4 Å². The van der Waals surface area contributed by atoms with Crippen LogP contribution in [0.15, 0.2) is 27.3 Å². The van der Waals surface area contributed by atoms with Crippen LogP contribution in [0.25, 0.3) is 0 Å². The molecule has 5 rings (SSSR count). The molecule has 0 radical (unpaired) electrons. The first-order valence-corrected chi connectivity index (χ1v) is 11.8. The Hall–Kier alpha value is -1.05. The van der Waals surface area contributed by atoms with E-state index in [9.17, 15) is 9.59 Å². The zero-order chi connectivity index (χ0) is 17.8. The number of rotatable bonds is 4. The molecule has 3 aliphatic rings. The molecule has 138 valence electrons. The molecule has 2 aromatic rings. The van der Waals surface area contributed by atoms with Crippen molar-refractivity contribution in [1.82, 2.24) is 4.57 Å². The first kappa shape index (κ1) is 17.1. The number of thiophene rings is 1. The van der Waals surface area contributed by atoms with E-state index in [-0.39, 0.29) is 17.4 Å². The standard InChI is InChI=1S/C19H21NO3S3/c1-2-23-13(21)9-20-18-17(26-19(20)22)15(12-4-3-7-24-12)14-10-5-6-11(8-10)16(14)25-18/h3-4,7,10-11,14-16H,2,5-6,8-9H2,1H3/t10-,11-,14-,15-,16+/m0/s1. The van der Waals surface area contributed by atoms with Crippen molar-refractivity contribution in [1.29, 1.82) is 0 Å². The van der Waals surface area contributed by atoms with E-state index in [2.05, 4.69) is 17.5 Å². The lowest BCUT2D eigenvalue weighted by molar-refractivity contribution is -0.144. The van der Waals surface area contributed by atoms with E-state index in [1.807, 2.05) is 11.8 Å². The van der Waals surface area contributed by atoms with Crippen LogP contribution in [0, 0.1) is 17.8 Å². The van der Waals surface area contributed by atoms with Gasteiger partial charge in [0.25, 0.3) is 0 Å². The van der Waals surface area contributed by atoms with Crippen molar-refractivity contribution in [3.8, 4) is 0 Å². The highest BCUT2D eigenvalue weighted by Gasteiger charge is 2.55. The van der Waals surface area contributed by atoms with Crippen LogP contribution in [0.1, 0.15) is 41.9 Å². The number of hydrogen-bond acceptors (Lipinski definition) is 6. The Bertz CT molecular complexity index is 884. The highest BCUT2D eigenvalue weighted by Crippen LogP contribution is 2.64. The highest BCUT2D eigenvalue weighted by molar-refractivity contribution is 8.00. The molecule has 26 heavy (non-hydrogen) atoms. The second-order valence-corrected chi connectivity index (χ2v) is 10.6. The summed E-state index contributed by atoms with van der Waals surface area (Å²) in [6.07, 6.45) is 3.99. The molecule has 3 heterocycles. The molecule has 5 atom stereocenters. The average Bonchev–Trinajstić information content (AvgIpc) is 3.38. The van der Waals surface area contributed by atoms with Gasteiger partial charge in [-0.15, -0.1) is 23.1 Å². The zero-order valence-corrected chi connectivity index (χ0v) is 17.0. The number of thiazole rings is 1. The summed E-state index contributed by atoms with van der Waals surface area (Å²) >= 11 is 5.02. The molecule has 2 aromatic heterocycles. The number of fused-ring (bicyclic) bond motifs is 6. The summed E-state index contributed by atoms with van der Waals surface area (Å²) in [6.45, 7) is 2.18. The quantitative estimate of drug-likeness (QED) is 0.713. The number of nitrogens with zero attached hydrogens (tertiary/aromatic N) is 1. The lowest BCUT2D eigenvalue weighted by atomic mass is 9.77. The second kappa shape index (κ2) is 6.53. The normalized spacial score (nSPS) is 31.7. The van der Waals surface area contributed by atoms with Gasteiger partial charge in [-0.05, 0) is 55.4 Å². The van der Waals surface area contributed by atoms with Gasteiger partial charge in [-0.25, -0.2) is 0 Å².